The van der Waals surface area contributed by atoms with Crippen molar-refractivity contribution in [1.29, 1.82) is 0 Å². The number of hydrogen-bond donors (Lipinski definition) is 2. The van der Waals surface area contributed by atoms with Crippen LogP contribution in [0.15, 0.2) is 18.5 Å². The highest BCUT2D eigenvalue weighted by molar-refractivity contribution is 7.89. The molecule has 0 aliphatic carbocycles. The second-order valence-electron chi connectivity index (χ2n) is 3.29. The quantitative estimate of drug-likeness (QED) is 0.690. The van der Waals surface area contributed by atoms with Gasteiger partial charge in [-0.15, -0.1) is 0 Å². The Hall–Kier alpha value is -1.14. The van der Waals surface area contributed by atoms with Crippen molar-refractivity contribution in [3.63, 3.8) is 0 Å². The van der Waals surface area contributed by atoms with E-state index in [1.807, 2.05) is 0 Å². The van der Waals surface area contributed by atoms with Crippen molar-refractivity contribution in [1.82, 2.24) is 4.98 Å². The van der Waals surface area contributed by atoms with E-state index >= 15 is 0 Å². The Morgan fingerprint density at radius 2 is 2.36 bits per heavy atom. The first-order valence-corrected chi connectivity index (χ1v) is 5.89. The fraction of sp³-hybridized carbons (Fsp3) is 0.375. The van der Waals surface area contributed by atoms with Crippen LogP contribution in [0.25, 0.3) is 0 Å². The molecule has 3 N–H and O–H groups in total. The van der Waals surface area contributed by atoms with Crippen LogP contribution >= 0.6 is 0 Å². The van der Waals surface area contributed by atoms with Crippen LogP contribution in [0, 0.1) is 0 Å². The fourth-order valence-electron chi connectivity index (χ4n) is 1.55. The van der Waals surface area contributed by atoms with Gasteiger partial charge in [0, 0.05) is 18.1 Å². The second kappa shape index (κ2) is 3.21. The minimum Gasteiger partial charge on any atom is -0.368 e. The highest BCUT2D eigenvalue weighted by atomic mass is 32.2. The van der Waals surface area contributed by atoms with E-state index < -0.39 is 15.4 Å². The number of primary sulfonamides is 1. The number of hydrogen-bond acceptors (Lipinski definition) is 4. The molecule has 0 aromatic carbocycles. The zero-order chi connectivity index (χ0) is 10.2. The van der Waals surface area contributed by atoms with Gasteiger partial charge in [-0.05, 0) is 24.5 Å². The number of aryl methyl sites for hydroxylation is 1. The molecule has 1 aliphatic rings. The molecule has 0 saturated heterocycles. The Labute approximate surface area is 82.4 Å². The fourth-order valence-corrected chi connectivity index (χ4v) is 2.28. The van der Waals surface area contributed by atoms with E-state index in [0.717, 1.165) is 11.3 Å². The zero-order valence-corrected chi connectivity index (χ0v) is 8.29. The van der Waals surface area contributed by atoms with Gasteiger partial charge in [0.05, 0.1) is 0 Å². The van der Waals surface area contributed by atoms with Crippen LogP contribution in [0.2, 0.25) is 0 Å². The van der Waals surface area contributed by atoms with Crippen LogP contribution in [0.4, 0.5) is 5.69 Å². The van der Waals surface area contributed by atoms with Gasteiger partial charge in [-0.2, -0.15) is 0 Å². The predicted octanol–water partition coefficient (Wildman–Crippen LogP) is 0.0543. The summed E-state index contributed by atoms with van der Waals surface area (Å²) in [5, 5.41) is 7.28. The molecule has 0 saturated carbocycles. The van der Waals surface area contributed by atoms with E-state index in [-0.39, 0.29) is 0 Å². The van der Waals surface area contributed by atoms with Crippen molar-refractivity contribution in [2.75, 3.05) is 5.32 Å². The smallest absolute Gasteiger partial charge is 0.230 e. The summed E-state index contributed by atoms with van der Waals surface area (Å²) in [6, 6.07) is 1.76. The van der Waals surface area contributed by atoms with Gasteiger partial charge in [-0.25, -0.2) is 13.6 Å². The molecule has 1 aromatic rings. The molecule has 5 nitrogen and oxygen atoms in total. The number of pyridine rings is 1. The number of anilines is 1. The lowest BCUT2D eigenvalue weighted by atomic mass is 10.1. The van der Waals surface area contributed by atoms with Crippen LogP contribution in [0.5, 0.6) is 0 Å². The average Bonchev–Trinajstić information content (AvgIpc) is 2.16. The lowest BCUT2D eigenvalue weighted by molar-refractivity contribution is 0.578. The van der Waals surface area contributed by atoms with E-state index in [1.165, 1.54) is 0 Å². The van der Waals surface area contributed by atoms with Crippen LogP contribution in [0.1, 0.15) is 12.0 Å². The lowest BCUT2D eigenvalue weighted by Crippen LogP contribution is -2.38. The number of aromatic nitrogens is 1. The number of rotatable bonds is 1. The molecule has 2 heterocycles. The van der Waals surface area contributed by atoms with Crippen molar-refractivity contribution in [3.8, 4) is 0 Å². The minimum absolute atomic E-state index is 0.498. The summed E-state index contributed by atoms with van der Waals surface area (Å²) in [4.78, 5) is 3.96. The van der Waals surface area contributed by atoms with Gasteiger partial charge < -0.3 is 5.32 Å². The Bertz CT molecular complexity index is 444. The first-order chi connectivity index (χ1) is 6.57. The number of nitrogens with one attached hydrogen (secondary N) is 1. The molecular formula is C8H11N3O2S. The molecular weight excluding hydrogens is 202 g/mol. The molecule has 0 spiro atoms. The van der Waals surface area contributed by atoms with E-state index in [9.17, 15) is 8.42 Å². The third-order valence-electron chi connectivity index (χ3n) is 2.29. The monoisotopic (exact) mass is 213 g/mol. The van der Waals surface area contributed by atoms with Crippen LogP contribution in [-0.2, 0) is 16.4 Å². The minimum atomic E-state index is -3.50. The van der Waals surface area contributed by atoms with Gasteiger partial charge in [0.25, 0.3) is 0 Å². The van der Waals surface area contributed by atoms with Crippen molar-refractivity contribution in [3.05, 3.63) is 24.0 Å². The molecule has 1 atom stereocenters. The van der Waals surface area contributed by atoms with Gasteiger partial charge in [-0.1, -0.05) is 0 Å². The number of fused-ring (bicyclic) bond motifs is 1. The average molecular weight is 213 g/mol. The van der Waals surface area contributed by atoms with Crippen LogP contribution in [-0.4, -0.2) is 18.8 Å². The molecule has 76 valence electrons. The van der Waals surface area contributed by atoms with E-state index in [4.69, 9.17) is 5.14 Å². The maximum atomic E-state index is 11.1. The van der Waals surface area contributed by atoms with Crippen LogP contribution < -0.4 is 10.5 Å². The Morgan fingerprint density at radius 1 is 1.57 bits per heavy atom. The maximum Gasteiger partial charge on any atom is 0.230 e. The number of nitrogens with zero attached hydrogens (tertiary/aromatic N) is 1. The van der Waals surface area contributed by atoms with Gasteiger partial charge in [0.1, 0.15) is 5.37 Å². The van der Waals surface area contributed by atoms with Crippen molar-refractivity contribution < 1.29 is 8.42 Å². The predicted molar refractivity (Wildman–Crippen MR) is 53.1 cm³/mol. The summed E-state index contributed by atoms with van der Waals surface area (Å²) in [6.07, 6.45) is 4.55. The third-order valence-corrected chi connectivity index (χ3v) is 3.44. The summed E-state index contributed by atoms with van der Waals surface area (Å²) >= 11 is 0. The largest absolute Gasteiger partial charge is 0.368 e. The highest BCUT2D eigenvalue weighted by Crippen LogP contribution is 2.24. The normalized spacial score (nSPS) is 21.1. The Kier molecular flexibility index (Phi) is 2.16. The van der Waals surface area contributed by atoms with E-state index in [1.54, 1.807) is 18.5 Å². The molecule has 0 bridgehead atoms. The number of sulfonamides is 1. The Morgan fingerprint density at radius 3 is 3.07 bits per heavy atom. The van der Waals surface area contributed by atoms with Gasteiger partial charge >= 0.3 is 0 Å². The lowest BCUT2D eigenvalue weighted by Gasteiger charge is -2.24. The third kappa shape index (κ3) is 1.71. The Balaban J connectivity index is 2.30. The molecule has 0 amide bonds. The summed E-state index contributed by atoms with van der Waals surface area (Å²) in [5.41, 5.74) is 1.85. The molecule has 14 heavy (non-hydrogen) atoms. The molecule has 1 unspecified atom stereocenters. The van der Waals surface area contributed by atoms with Gasteiger partial charge in [0.15, 0.2) is 0 Å². The summed E-state index contributed by atoms with van der Waals surface area (Å²) in [5.74, 6) is 0. The van der Waals surface area contributed by atoms with E-state index in [2.05, 4.69) is 10.3 Å². The molecule has 2 rings (SSSR count). The topological polar surface area (TPSA) is 85.1 Å². The van der Waals surface area contributed by atoms with Crippen molar-refractivity contribution >= 4 is 15.7 Å². The molecule has 0 fully saturated rings. The zero-order valence-electron chi connectivity index (χ0n) is 7.47. The molecule has 1 aromatic heterocycles. The molecule has 0 radical (unpaired) electrons. The second-order valence-corrected chi connectivity index (χ2v) is 5.04. The first-order valence-electron chi connectivity index (χ1n) is 4.28. The van der Waals surface area contributed by atoms with Gasteiger partial charge in [-0.3, -0.25) is 4.98 Å². The van der Waals surface area contributed by atoms with E-state index in [0.29, 0.717) is 12.8 Å². The standard InChI is InChI=1S/C8H11N3O2S/c9-14(12,13)8-2-1-6-5-10-4-3-7(6)11-8/h3-5,8,11H,1-2H2,(H2,9,12,13). The SMILES string of the molecule is NS(=O)(=O)C1CCc2cnccc2N1. The maximum absolute atomic E-state index is 11.1. The number of nitrogens with two attached hydrogens (primary N) is 1. The molecule has 1 aliphatic heterocycles. The van der Waals surface area contributed by atoms with Crippen molar-refractivity contribution in [2.24, 2.45) is 5.14 Å². The summed E-state index contributed by atoms with van der Waals surface area (Å²) < 4.78 is 22.2. The summed E-state index contributed by atoms with van der Waals surface area (Å²) in [7, 11) is -3.50. The van der Waals surface area contributed by atoms with Crippen LogP contribution in [0.3, 0.4) is 0 Å². The van der Waals surface area contributed by atoms with Gasteiger partial charge in [0.2, 0.25) is 10.0 Å². The highest BCUT2D eigenvalue weighted by Gasteiger charge is 2.25. The first kappa shape index (κ1) is 9.42. The summed E-state index contributed by atoms with van der Waals surface area (Å²) in [6.45, 7) is 0. The molecule has 6 heteroatoms. The van der Waals surface area contributed by atoms with Crippen molar-refractivity contribution in [2.45, 2.75) is 18.2 Å².